The molecule has 0 bridgehead atoms. The van der Waals surface area contributed by atoms with E-state index in [2.05, 4.69) is 10.6 Å². The number of likely N-dealkylation sites (tertiary alicyclic amines) is 1. The molecule has 0 unspecified atom stereocenters. The number of anilines is 3. The zero-order valence-corrected chi connectivity index (χ0v) is 17.7. The van der Waals surface area contributed by atoms with Gasteiger partial charge in [0.15, 0.2) is 0 Å². The lowest BCUT2D eigenvalue weighted by molar-refractivity contribution is -0.00181. The van der Waals surface area contributed by atoms with Crippen molar-refractivity contribution in [3.8, 4) is 0 Å². The molecule has 3 N–H and O–H groups in total. The number of hydrogen-bond acceptors (Lipinski definition) is 3. The number of nitrogens with one attached hydrogen (secondary N) is 2. The number of carbonyl (C=O) groups is 2. The van der Waals surface area contributed by atoms with Crippen molar-refractivity contribution in [3.63, 3.8) is 0 Å². The second kappa shape index (κ2) is 8.55. The zero-order chi connectivity index (χ0) is 22.9. The third-order valence-electron chi connectivity index (χ3n) is 6.31. The maximum absolute atomic E-state index is 14.1. The van der Waals surface area contributed by atoms with Crippen LogP contribution in [-0.4, -0.2) is 47.3 Å². The van der Waals surface area contributed by atoms with Crippen molar-refractivity contribution >= 4 is 29.1 Å². The first-order valence-corrected chi connectivity index (χ1v) is 10.8. The third kappa shape index (κ3) is 3.68. The van der Waals surface area contributed by atoms with E-state index in [0.717, 1.165) is 5.56 Å². The van der Waals surface area contributed by atoms with Gasteiger partial charge in [0.25, 0.3) is 0 Å². The molecule has 0 aromatic heterocycles. The summed E-state index contributed by atoms with van der Waals surface area (Å²) in [5.74, 6) is -0.632. The maximum Gasteiger partial charge on any atom is 0.326 e. The normalized spacial score (nSPS) is 20.8. The molecule has 1 saturated heterocycles. The van der Waals surface area contributed by atoms with Crippen molar-refractivity contribution in [1.29, 1.82) is 0 Å². The van der Waals surface area contributed by atoms with Crippen molar-refractivity contribution < 1.29 is 19.1 Å². The zero-order valence-electron chi connectivity index (χ0n) is 17.7. The Balaban J connectivity index is 1.43. The quantitative estimate of drug-likeness (QED) is 0.563. The molecule has 2 aliphatic rings. The lowest BCUT2D eigenvalue weighted by Crippen LogP contribution is -2.71. The van der Waals surface area contributed by atoms with Crippen LogP contribution >= 0.6 is 0 Å². The molecule has 168 valence electrons. The largest absolute Gasteiger partial charge is 0.394 e. The molecule has 0 radical (unpaired) electrons. The summed E-state index contributed by atoms with van der Waals surface area (Å²) in [5, 5.41) is 15.6. The molecule has 0 saturated carbocycles. The summed E-state index contributed by atoms with van der Waals surface area (Å²) in [6, 6.07) is 20.9. The first-order valence-electron chi connectivity index (χ1n) is 10.8. The molecular formula is C25H23FN4O3. The molecule has 0 spiro atoms. The Bertz CT molecular complexity index is 1190. The van der Waals surface area contributed by atoms with Gasteiger partial charge < -0.3 is 20.6 Å². The minimum atomic E-state index is -0.526. The maximum atomic E-state index is 14.1. The summed E-state index contributed by atoms with van der Waals surface area (Å²) in [7, 11) is 0. The third-order valence-corrected chi connectivity index (χ3v) is 6.31. The van der Waals surface area contributed by atoms with E-state index in [1.807, 2.05) is 42.5 Å². The Hall–Kier alpha value is -3.91. The van der Waals surface area contributed by atoms with Gasteiger partial charge in [-0.05, 0) is 35.9 Å². The number of aliphatic hydroxyl groups excluding tert-OH is 1. The first kappa shape index (κ1) is 21.0. The minimum Gasteiger partial charge on any atom is -0.394 e. The van der Waals surface area contributed by atoms with E-state index in [1.165, 1.54) is 17.0 Å². The van der Waals surface area contributed by atoms with Gasteiger partial charge in [0, 0.05) is 23.8 Å². The van der Waals surface area contributed by atoms with Crippen molar-refractivity contribution in [1.82, 2.24) is 4.90 Å². The second-order valence-corrected chi connectivity index (χ2v) is 8.13. The molecule has 33 heavy (non-hydrogen) atoms. The van der Waals surface area contributed by atoms with Crippen LogP contribution in [0.25, 0.3) is 0 Å². The number of hydrogen-bond donors (Lipinski definition) is 3. The topological polar surface area (TPSA) is 84.9 Å². The highest BCUT2D eigenvalue weighted by Crippen LogP contribution is 2.48. The fraction of sp³-hybridized carbons (Fsp3) is 0.200. The number of para-hydroxylation sites is 3. The summed E-state index contributed by atoms with van der Waals surface area (Å²) >= 11 is 0. The molecule has 2 aliphatic heterocycles. The molecule has 3 aromatic rings. The Labute approximate surface area is 190 Å². The van der Waals surface area contributed by atoms with Gasteiger partial charge in [0.1, 0.15) is 5.82 Å². The van der Waals surface area contributed by atoms with Crippen molar-refractivity contribution in [2.75, 3.05) is 28.7 Å². The van der Waals surface area contributed by atoms with Gasteiger partial charge in [-0.3, -0.25) is 4.90 Å². The summed E-state index contributed by atoms with van der Waals surface area (Å²) in [6.07, 6.45) is 0. The fourth-order valence-electron chi connectivity index (χ4n) is 4.81. The van der Waals surface area contributed by atoms with E-state index in [1.54, 1.807) is 29.2 Å². The SMILES string of the molecule is O=C(Nc1ccccc1F)N1C[C@@H]2[C@H](c3ccccc31)[C@H](CO)N2C(=O)Nc1ccccc1. The van der Waals surface area contributed by atoms with Crippen LogP contribution in [0.1, 0.15) is 11.5 Å². The molecule has 4 amide bonds. The number of carbonyl (C=O) groups excluding carboxylic acids is 2. The molecular weight excluding hydrogens is 423 g/mol. The molecule has 3 aromatic carbocycles. The Kier molecular flexibility index (Phi) is 5.43. The molecule has 5 rings (SSSR count). The van der Waals surface area contributed by atoms with E-state index >= 15 is 0 Å². The highest BCUT2D eigenvalue weighted by molar-refractivity contribution is 6.03. The number of halogens is 1. The van der Waals surface area contributed by atoms with Gasteiger partial charge >= 0.3 is 12.1 Å². The van der Waals surface area contributed by atoms with Gasteiger partial charge in [0.2, 0.25) is 0 Å². The van der Waals surface area contributed by atoms with Crippen LogP contribution < -0.4 is 15.5 Å². The van der Waals surface area contributed by atoms with Crippen LogP contribution in [0.5, 0.6) is 0 Å². The highest BCUT2D eigenvalue weighted by atomic mass is 19.1. The van der Waals surface area contributed by atoms with Crippen molar-refractivity contribution in [3.05, 3.63) is 90.2 Å². The van der Waals surface area contributed by atoms with Crippen LogP contribution in [0.3, 0.4) is 0 Å². The van der Waals surface area contributed by atoms with Gasteiger partial charge in [-0.15, -0.1) is 0 Å². The predicted molar refractivity (Wildman–Crippen MR) is 124 cm³/mol. The fourth-order valence-corrected chi connectivity index (χ4v) is 4.81. The van der Waals surface area contributed by atoms with Crippen molar-refractivity contribution in [2.45, 2.75) is 18.0 Å². The van der Waals surface area contributed by atoms with E-state index in [9.17, 15) is 19.1 Å². The molecule has 7 nitrogen and oxygen atoms in total. The van der Waals surface area contributed by atoms with Crippen LogP contribution in [0.15, 0.2) is 78.9 Å². The highest BCUT2D eigenvalue weighted by Gasteiger charge is 2.55. The lowest BCUT2D eigenvalue weighted by atomic mass is 9.72. The van der Waals surface area contributed by atoms with Gasteiger partial charge in [-0.2, -0.15) is 0 Å². The van der Waals surface area contributed by atoms with Crippen LogP contribution in [-0.2, 0) is 0 Å². The number of urea groups is 2. The van der Waals surface area contributed by atoms with E-state index in [0.29, 0.717) is 11.4 Å². The second-order valence-electron chi connectivity index (χ2n) is 8.13. The molecule has 8 heteroatoms. The van der Waals surface area contributed by atoms with Crippen molar-refractivity contribution in [2.24, 2.45) is 0 Å². The Morgan fingerprint density at radius 1 is 0.909 bits per heavy atom. The summed E-state index contributed by atoms with van der Waals surface area (Å²) in [5.41, 5.74) is 2.30. The number of amides is 4. The average Bonchev–Trinajstić information content (AvgIpc) is 2.81. The molecule has 0 aliphatic carbocycles. The van der Waals surface area contributed by atoms with Crippen LogP contribution in [0.4, 0.5) is 31.0 Å². The van der Waals surface area contributed by atoms with Crippen LogP contribution in [0.2, 0.25) is 0 Å². The van der Waals surface area contributed by atoms with Gasteiger partial charge in [0.05, 0.1) is 24.4 Å². The molecule has 2 heterocycles. The van der Waals surface area contributed by atoms with Gasteiger partial charge in [-0.1, -0.05) is 48.5 Å². The molecule has 1 fully saturated rings. The van der Waals surface area contributed by atoms with Gasteiger partial charge in [-0.25, -0.2) is 14.0 Å². The van der Waals surface area contributed by atoms with E-state index in [4.69, 9.17) is 0 Å². The molecule has 3 atom stereocenters. The van der Waals surface area contributed by atoms with E-state index in [-0.39, 0.29) is 36.8 Å². The number of fused-ring (bicyclic) bond motifs is 3. The number of aliphatic hydroxyl groups is 1. The van der Waals surface area contributed by atoms with Crippen LogP contribution in [0, 0.1) is 5.82 Å². The standard InChI is InChI=1S/C25H23FN4O3/c26-18-11-5-6-12-19(18)28-24(32)29-14-21-23(17-10-4-7-13-20(17)29)22(15-31)30(21)25(33)27-16-8-2-1-3-9-16/h1-13,21-23,31H,14-15H2,(H,27,33)(H,28,32)/t21-,22+,23+/m1/s1. The first-order chi connectivity index (χ1) is 16.1. The van der Waals surface area contributed by atoms with E-state index < -0.39 is 17.9 Å². The Morgan fingerprint density at radius 2 is 1.61 bits per heavy atom. The summed E-state index contributed by atoms with van der Waals surface area (Å²) < 4.78 is 14.1. The number of benzene rings is 3. The Morgan fingerprint density at radius 3 is 2.36 bits per heavy atom. The lowest BCUT2D eigenvalue weighted by Gasteiger charge is -2.58. The average molecular weight is 446 g/mol. The smallest absolute Gasteiger partial charge is 0.326 e. The number of rotatable bonds is 3. The monoisotopic (exact) mass is 446 g/mol. The summed E-state index contributed by atoms with van der Waals surface area (Å²) in [4.78, 5) is 29.4. The number of nitrogens with zero attached hydrogens (tertiary/aromatic N) is 2. The minimum absolute atomic E-state index is 0.0858. The predicted octanol–water partition coefficient (Wildman–Crippen LogP) is 4.24. The summed E-state index contributed by atoms with van der Waals surface area (Å²) in [6.45, 7) is 0.0276.